The Morgan fingerprint density at radius 3 is 2.48 bits per heavy atom. The SMILES string of the molecule is CCc1ccccc1NC(=O)CC(C)=NNC(=O)c1ccccc1Br. The van der Waals surface area contributed by atoms with E-state index in [2.05, 4.69) is 31.8 Å². The summed E-state index contributed by atoms with van der Waals surface area (Å²) in [6.45, 7) is 3.74. The second-order valence-corrected chi connectivity index (χ2v) is 6.36. The lowest BCUT2D eigenvalue weighted by Crippen LogP contribution is -2.22. The molecule has 0 radical (unpaired) electrons. The Kier molecular flexibility index (Phi) is 6.89. The predicted octanol–water partition coefficient (Wildman–Crippen LogP) is 4.15. The van der Waals surface area contributed by atoms with Crippen molar-refractivity contribution in [1.29, 1.82) is 0 Å². The second-order valence-electron chi connectivity index (χ2n) is 5.50. The van der Waals surface area contributed by atoms with Crippen molar-refractivity contribution in [1.82, 2.24) is 5.43 Å². The number of anilines is 1. The van der Waals surface area contributed by atoms with Crippen LogP contribution in [-0.4, -0.2) is 17.5 Å². The minimum Gasteiger partial charge on any atom is -0.326 e. The summed E-state index contributed by atoms with van der Waals surface area (Å²) in [5.41, 5.74) is 5.36. The summed E-state index contributed by atoms with van der Waals surface area (Å²) < 4.78 is 0.689. The summed E-state index contributed by atoms with van der Waals surface area (Å²) >= 11 is 3.32. The van der Waals surface area contributed by atoms with E-state index in [1.54, 1.807) is 25.1 Å². The number of hydrogen-bond acceptors (Lipinski definition) is 3. The van der Waals surface area contributed by atoms with Crippen LogP contribution in [0.15, 0.2) is 58.1 Å². The minimum atomic E-state index is -0.330. The zero-order chi connectivity index (χ0) is 18.2. The van der Waals surface area contributed by atoms with Crippen LogP contribution in [0.2, 0.25) is 0 Å². The van der Waals surface area contributed by atoms with Gasteiger partial charge in [0.15, 0.2) is 0 Å². The van der Waals surface area contributed by atoms with Crippen molar-refractivity contribution in [2.24, 2.45) is 5.10 Å². The third kappa shape index (κ3) is 5.53. The van der Waals surface area contributed by atoms with E-state index < -0.39 is 0 Å². The molecule has 2 aromatic rings. The molecular formula is C19H20BrN3O2. The van der Waals surface area contributed by atoms with E-state index in [1.807, 2.05) is 37.3 Å². The lowest BCUT2D eigenvalue weighted by atomic mass is 10.1. The van der Waals surface area contributed by atoms with Gasteiger partial charge in [0, 0.05) is 15.9 Å². The number of benzene rings is 2. The number of carbonyl (C=O) groups is 2. The van der Waals surface area contributed by atoms with Gasteiger partial charge in [0.05, 0.1) is 12.0 Å². The zero-order valence-corrected chi connectivity index (χ0v) is 15.8. The first-order valence-corrected chi connectivity index (χ1v) is 8.76. The van der Waals surface area contributed by atoms with Crippen LogP contribution < -0.4 is 10.7 Å². The van der Waals surface area contributed by atoms with Crippen molar-refractivity contribution in [3.05, 3.63) is 64.1 Å². The highest BCUT2D eigenvalue weighted by atomic mass is 79.9. The van der Waals surface area contributed by atoms with Crippen LogP contribution in [0.25, 0.3) is 0 Å². The Morgan fingerprint density at radius 2 is 1.76 bits per heavy atom. The molecule has 0 heterocycles. The van der Waals surface area contributed by atoms with Crippen molar-refractivity contribution in [2.45, 2.75) is 26.7 Å². The number of carbonyl (C=O) groups excluding carboxylic acids is 2. The van der Waals surface area contributed by atoms with Gasteiger partial charge in [-0.2, -0.15) is 5.10 Å². The first-order chi connectivity index (χ1) is 12.0. The van der Waals surface area contributed by atoms with Gasteiger partial charge in [0.2, 0.25) is 5.91 Å². The quantitative estimate of drug-likeness (QED) is 0.563. The van der Waals surface area contributed by atoms with E-state index in [9.17, 15) is 9.59 Å². The highest BCUT2D eigenvalue weighted by Crippen LogP contribution is 2.16. The smallest absolute Gasteiger partial charge is 0.272 e. The van der Waals surface area contributed by atoms with E-state index in [4.69, 9.17) is 0 Å². The maximum atomic E-state index is 12.1. The molecule has 0 aliphatic heterocycles. The van der Waals surface area contributed by atoms with Gasteiger partial charge < -0.3 is 5.32 Å². The van der Waals surface area contributed by atoms with Gasteiger partial charge in [-0.1, -0.05) is 37.3 Å². The molecule has 5 nitrogen and oxygen atoms in total. The van der Waals surface area contributed by atoms with Crippen LogP contribution in [0.1, 0.15) is 36.2 Å². The summed E-state index contributed by atoms with van der Waals surface area (Å²) in [6, 6.07) is 14.8. The van der Waals surface area contributed by atoms with E-state index in [1.165, 1.54) is 0 Å². The highest BCUT2D eigenvalue weighted by molar-refractivity contribution is 9.10. The number of hydrazone groups is 1. The molecule has 0 aliphatic rings. The first-order valence-electron chi connectivity index (χ1n) is 7.97. The van der Waals surface area contributed by atoms with Gasteiger partial charge in [-0.15, -0.1) is 0 Å². The van der Waals surface area contributed by atoms with Crippen LogP contribution in [0.3, 0.4) is 0 Å². The van der Waals surface area contributed by atoms with Gasteiger partial charge in [0.1, 0.15) is 0 Å². The molecular weight excluding hydrogens is 382 g/mol. The largest absolute Gasteiger partial charge is 0.326 e. The van der Waals surface area contributed by atoms with Gasteiger partial charge in [-0.3, -0.25) is 9.59 Å². The van der Waals surface area contributed by atoms with Gasteiger partial charge in [-0.05, 0) is 53.0 Å². The number of nitrogens with zero attached hydrogens (tertiary/aromatic N) is 1. The van der Waals surface area contributed by atoms with Gasteiger partial charge >= 0.3 is 0 Å². The second kappa shape index (κ2) is 9.13. The Morgan fingerprint density at radius 1 is 1.08 bits per heavy atom. The van der Waals surface area contributed by atoms with E-state index in [0.29, 0.717) is 15.7 Å². The van der Waals surface area contributed by atoms with Crippen molar-refractivity contribution in [3.63, 3.8) is 0 Å². The molecule has 0 saturated heterocycles. The highest BCUT2D eigenvalue weighted by Gasteiger charge is 2.10. The lowest BCUT2D eigenvalue weighted by Gasteiger charge is -2.09. The summed E-state index contributed by atoms with van der Waals surface area (Å²) in [7, 11) is 0. The molecule has 2 amide bonds. The molecule has 0 fully saturated rings. The molecule has 0 atom stereocenters. The molecule has 0 spiro atoms. The monoisotopic (exact) mass is 401 g/mol. The number of nitrogens with one attached hydrogen (secondary N) is 2. The molecule has 6 heteroatoms. The van der Waals surface area contributed by atoms with Gasteiger partial charge in [0.25, 0.3) is 5.91 Å². The zero-order valence-electron chi connectivity index (χ0n) is 14.2. The molecule has 0 aliphatic carbocycles. The molecule has 0 unspecified atom stereocenters. The van der Waals surface area contributed by atoms with Crippen molar-refractivity contribution < 1.29 is 9.59 Å². The Bertz CT molecular complexity index is 803. The molecule has 0 aromatic heterocycles. The molecule has 0 bridgehead atoms. The minimum absolute atomic E-state index is 0.105. The van der Waals surface area contributed by atoms with Crippen LogP contribution in [0.4, 0.5) is 5.69 Å². The molecule has 2 aromatic carbocycles. The summed E-state index contributed by atoms with van der Waals surface area (Å²) in [4.78, 5) is 24.2. The molecule has 2 rings (SSSR count). The maximum absolute atomic E-state index is 12.1. The standard InChI is InChI=1S/C19H20BrN3O2/c1-3-14-8-4-7-11-17(14)21-18(24)12-13(2)22-23-19(25)15-9-5-6-10-16(15)20/h4-11H,3,12H2,1-2H3,(H,21,24)(H,23,25). The van der Waals surface area contributed by atoms with Crippen molar-refractivity contribution >= 4 is 39.1 Å². The summed E-state index contributed by atoms with van der Waals surface area (Å²) in [5, 5.41) is 6.88. The Labute approximate surface area is 155 Å². The molecule has 2 N–H and O–H groups in total. The van der Waals surface area contributed by atoms with Crippen molar-refractivity contribution in [3.8, 4) is 0 Å². The van der Waals surface area contributed by atoms with Crippen LogP contribution in [0.5, 0.6) is 0 Å². The summed E-state index contributed by atoms with van der Waals surface area (Å²) in [5.74, 6) is -0.499. The van der Waals surface area contributed by atoms with E-state index in [0.717, 1.165) is 17.7 Å². The first kappa shape index (κ1) is 18.9. The Hall–Kier alpha value is -2.47. The maximum Gasteiger partial charge on any atom is 0.272 e. The third-order valence-corrected chi connectivity index (χ3v) is 4.25. The van der Waals surface area contributed by atoms with Crippen LogP contribution >= 0.6 is 15.9 Å². The average Bonchev–Trinajstić information content (AvgIpc) is 2.60. The normalized spacial score (nSPS) is 11.1. The molecule has 130 valence electrons. The summed E-state index contributed by atoms with van der Waals surface area (Å²) in [6.07, 6.45) is 0.944. The molecule has 25 heavy (non-hydrogen) atoms. The van der Waals surface area contributed by atoms with Gasteiger partial charge in [-0.25, -0.2) is 5.43 Å². The van der Waals surface area contributed by atoms with Crippen LogP contribution in [-0.2, 0) is 11.2 Å². The van der Waals surface area contributed by atoms with Crippen molar-refractivity contribution in [2.75, 3.05) is 5.32 Å². The number of para-hydroxylation sites is 1. The number of amides is 2. The Balaban J connectivity index is 1.93. The fourth-order valence-corrected chi connectivity index (χ4v) is 2.73. The van der Waals surface area contributed by atoms with E-state index >= 15 is 0 Å². The van der Waals surface area contributed by atoms with E-state index in [-0.39, 0.29) is 18.2 Å². The predicted molar refractivity (Wildman–Crippen MR) is 104 cm³/mol. The fourth-order valence-electron chi connectivity index (χ4n) is 2.27. The number of aryl methyl sites for hydroxylation is 1. The molecule has 0 saturated carbocycles. The number of hydrogen-bond donors (Lipinski definition) is 2. The van der Waals surface area contributed by atoms with Crippen LogP contribution in [0, 0.1) is 0 Å². The number of halogens is 1. The average molecular weight is 402 g/mol. The fraction of sp³-hybridized carbons (Fsp3) is 0.211. The topological polar surface area (TPSA) is 70.6 Å². The third-order valence-electron chi connectivity index (χ3n) is 3.56. The lowest BCUT2D eigenvalue weighted by molar-refractivity contribution is -0.115. The number of rotatable bonds is 6.